The summed E-state index contributed by atoms with van der Waals surface area (Å²) in [7, 11) is 0. The number of aryl methyl sites for hydroxylation is 1. The highest BCUT2D eigenvalue weighted by Gasteiger charge is 2.11. The molecule has 3 nitrogen and oxygen atoms in total. The molecular weight excluding hydrogens is 270 g/mol. The summed E-state index contributed by atoms with van der Waals surface area (Å²) in [4.78, 5) is 4.71. The Bertz CT molecular complexity index is 762. The zero-order chi connectivity index (χ0) is 14.1. The van der Waals surface area contributed by atoms with Gasteiger partial charge in [-0.05, 0) is 36.8 Å². The number of para-hydroxylation sites is 1. The van der Waals surface area contributed by atoms with Crippen LogP contribution in [0.3, 0.4) is 0 Å². The first kappa shape index (κ1) is 13.0. The number of hydrogen-bond donors (Lipinski definition) is 1. The second-order valence-corrected chi connectivity index (χ2v) is 5.22. The van der Waals surface area contributed by atoms with E-state index in [4.69, 9.17) is 22.3 Å². The monoisotopic (exact) mass is 285 g/mol. The molecule has 0 unspecified atom stereocenters. The van der Waals surface area contributed by atoms with Gasteiger partial charge in [0.2, 0.25) is 0 Å². The van der Waals surface area contributed by atoms with Crippen molar-refractivity contribution in [2.75, 3.05) is 5.73 Å². The van der Waals surface area contributed by atoms with Gasteiger partial charge in [0.15, 0.2) is 0 Å². The summed E-state index contributed by atoms with van der Waals surface area (Å²) >= 11 is 6.08. The van der Waals surface area contributed by atoms with Gasteiger partial charge in [-0.15, -0.1) is 0 Å². The number of halogens is 1. The zero-order valence-corrected chi connectivity index (χ0v) is 12.1. The maximum absolute atomic E-state index is 6.08. The number of hydrogen-bond acceptors (Lipinski definition) is 2. The van der Waals surface area contributed by atoms with Crippen molar-refractivity contribution >= 4 is 28.3 Å². The van der Waals surface area contributed by atoms with Crippen molar-refractivity contribution in [3.05, 3.63) is 58.9 Å². The van der Waals surface area contributed by atoms with E-state index in [-0.39, 0.29) is 0 Å². The molecule has 4 heteroatoms. The molecular formula is C16H16ClN3. The largest absolute Gasteiger partial charge is 0.398 e. The summed E-state index contributed by atoms with van der Waals surface area (Å²) in [5.74, 6) is 1.02. The molecule has 0 aliphatic carbocycles. The number of fused-ring (bicyclic) bond motifs is 1. The van der Waals surface area contributed by atoms with E-state index < -0.39 is 0 Å². The molecule has 0 fully saturated rings. The molecule has 0 atom stereocenters. The van der Waals surface area contributed by atoms with E-state index in [9.17, 15) is 0 Å². The van der Waals surface area contributed by atoms with Gasteiger partial charge in [0, 0.05) is 23.7 Å². The van der Waals surface area contributed by atoms with Crippen LogP contribution in [-0.2, 0) is 13.0 Å². The highest BCUT2D eigenvalue weighted by atomic mass is 35.5. The first-order valence-corrected chi connectivity index (χ1v) is 7.05. The van der Waals surface area contributed by atoms with Crippen LogP contribution in [0, 0.1) is 0 Å². The molecule has 102 valence electrons. The van der Waals surface area contributed by atoms with Crippen molar-refractivity contribution in [1.29, 1.82) is 0 Å². The first-order valence-electron chi connectivity index (χ1n) is 6.67. The molecule has 0 radical (unpaired) electrons. The highest BCUT2D eigenvalue weighted by molar-refractivity contribution is 6.31. The maximum atomic E-state index is 6.08. The van der Waals surface area contributed by atoms with Crippen LogP contribution in [0.1, 0.15) is 18.3 Å². The Labute approximate surface area is 123 Å². The Balaban J connectivity index is 2.10. The van der Waals surface area contributed by atoms with Gasteiger partial charge >= 0.3 is 0 Å². The number of anilines is 1. The number of nitrogen functional groups attached to an aromatic ring is 1. The molecule has 0 amide bonds. The van der Waals surface area contributed by atoms with Crippen LogP contribution in [0.4, 0.5) is 5.69 Å². The van der Waals surface area contributed by atoms with Crippen LogP contribution in [0.5, 0.6) is 0 Å². The Morgan fingerprint density at radius 1 is 1.20 bits per heavy atom. The summed E-state index contributed by atoms with van der Waals surface area (Å²) in [6.45, 7) is 2.97. The van der Waals surface area contributed by atoms with Crippen molar-refractivity contribution < 1.29 is 0 Å². The fourth-order valence-corrected chi connectivity index (χ4v) is 2.67. The lowest BCUT2D eigenvalue weighted by atomic mass is 10.1. The summed E-state index contributed by atoms with van der Waals surface area (Å²) in [6.07, 6.45) is 0.729. The molecule has 0 aliphatic heterocycles. The SMILES string of the molecule is CCn1c(Cc2ccccc2N)nc2ccc(Cl)cc21. The fourth-order valence-electron chi connectivity index (χ4n) is 2.50. The summed E-state index contributed by atoms with van der Waals surface area (Å²) in [5, 5.41) is 0.734. The van der Waals surface area contributed by atoms with Crippen molar-refractivity contribution in [2.45, 2.75) is 19.9 Å². The Morgan fingerprint density at radius 2 is 2.00 bits per heavy atom. The molecule has 0 saturated carbocycles. The molecule has 0 bridgehead atoms. The average Bonchev–Trinajstić information content (AvgIpc) is 2.78. The van der Waals surface area contributed by atoms with E-state index >= 15 is 0 Å². The molecule has 20 heavy (non-hydrogen) atoms. The van der Waals surface area contributed by atoms with Crippen LogP contribution in [0.2, 0.25) is 5.02 Å². The smallest absolute Gasteiger partial charge is 0.114 e. The van der Waals surface area contributed by atoms with E-state index in [2.05, 4.69) is 11.5 Å². The van der Waals surface area contributed by atoms with Crippen LogP contribution in [-0.4, -0.2) is 9.55 Å². The summed E-state index contributed by atoms with van der Waals surface area (Å²) in [5.41, 5.74) is 9.97. The molecule has 3 aromatic rings. The zero-order valence-electron chi connectivity index (χ0n) is 11.3. The molecule has 0 saturated heterocycles. The molecule has 1 heterocycles. The predicted molar refractivity (Wildman–Crippen MR) is 84.1 cm³/mol. The third-order valence-electron chi connectivity index (χ3n) is 3.51. The third kappa shape index (κ3) is 2.25. The average molecular weight is 286 g/mol. The van der Waals surface area contributed by atoms with Crippen molar-refractivity contribution in [3.63, 3.8) is 0 Å². The van der Waals surface area contributed by atoms with Gasteiger partial charge < -0.3 is 10.3 Å². The number of benzene rings is 2. The second-order valence-electron chi connectivity index (χ2n) is 4.78. The lowest BCUT2D eigenvalue weighted by Crippen LogP contribution is -2.04. The second kappa shape index (κ2) is 5.17. The quantitative estimate of drug-likeness (QED) is 0.742. The Hall–Kier alpha value is -2.00. The van der Waals surface area contributed by atoms with Gasteiger partial charge in [-0.25, -0.2) is 4.98 Å². The van der Waals surface area contributed by atoms with E-state index in [0.29, 0.717) is 0 Å². The Morgan fingerprint density at radius 3 is 2.75 bits per heavy atom. The van der Waals surface area contributed by atoms with Gasteiger partial charge in [-0.1, -0.05) is 29.8 Å². The van der Waals surface area contributed by atoms with Gasteiger partial charge in [0.05, 0.1) is 11.0 Å². The highest BCUT2D eigenvalue weighted by Crippen LogP contribution is 2.23. The van der Waals surface area contributed by atoms with Gasteiger partial charge in [-0.3, -0.25) is 0 Å². The maximum Gasteiger partial charge on any atom is 0.114 e. The molecule has 0 spiro atoms. The van der Waals surface area contributed by atoms with Gasteiger partial charge in [0.1, 0.15) is 5.82 Å². The van der Waals surface area contributed by atoms with E-state index in [1.165, 1.54) is 0 Å². The third-order valence-corrected chi connectivity index (χ3v) is 3.74. The molecule has 2 N–H and O–H groups in total. The normalized spacial score (nSPS) is 11.1. The number of imidazole rings is 1. The lowest BCUT2D eigenvalue weighted by molar-refractivity contribution is 0.734. The summed E-state index contributed by atoms with van der Waals surface area (Å²) < 4.78 is 2.19. The van der Waals surface area contributed by atoms with Crippen LogP contribution in [0.25, 0.3) is 11.0 Å². The van der Waals surface area contributed by atoms with Crippen molar-refractivity contribution in [2.24, 2.45) is 0 Å². The lowest BCUT2D eigenvalue weighted by Gasteiger charge is -2.08. The minimum absolute atomic E-state index is 0.729. The van der Waals surface area contributed by atoms with Crippen molar-refractivity contribution in [1.82, 2.24) is 9.55 Å². The topological polar surface area (TPSA) is 43.8 Å². The number of nitrogens with zero attached hydrogens (tertiary/aromatic N) is 2. The molecule has 2 aromatic carbocycles. The fraction of sp³-hybridized carbons (Fsp3) is 0.188. The molecule has 1 aromatic heterocycles. The number of aromatic nitrogens is 2. The summed E-state index contributed by atoms with van der Waals surface area (Å²) in [6, 6.07) is 13.7. The van der Waals surface area contributed by atoms with Crippen LogP contribution in [0.15, 0.2) is 42.5 Å². The van der Waals surface area contributed by atoms with Crippen LogP contribution < -0.4 is 5.73 Å². The number of nitrogens with two attached hydrogens (primary N) is 1. The molecule has 0 aliphatic rings. The van der Waals surface area contributed by atoms with E-state index in [0.717, 1.165) is 46.1 Å². The predicted octanol–water partition coefficient (Wildman–Crippen LogP) is 3.88. The Kier molecular flexibility index (Phi) is 3.36. The standard InChI is InChI=1S/C16H16ClN3/c1-2-20-15-10-12(17)7-8-14(15)19-16(20)9-11-5-3-4-6-13(11)18/h3-8,10H,2,9,18H2,1H3. The van der Waals surface area contributed by atoms with Crippen molar-refractivity contribution in [3.8, 4) is 0 Å². The molecule has 3 rings (SSSR count). The van der Waals surface area contributed by atoms with Gasteiger partial charge in [-0.2, -0.15) is 0 Å². The number of rotatable bonds is 3. The van der Waals surface area contributed by atoms with Gasteiger partial charge in [0.25, 0.3) is 0 Å². The minimum Gasteiger partial charge on any atom is -0.398 e. The minimum atomic E-state index is 0.729. The van der Waals surface area contributed by atoms with Crippen LogP contribution >= 0.6 is 11.6 Å². The van der Waals surface area contributed by atoms with E-state index in [1.54, 1.807) is 0 Å². The van der Waals surface area contributed by atoms with E-state index in [1.807, 2.05) is 42.5 Å². The first-order chi connectivity index (χ1) is 9.69.